The Labute approximate surface area is 271 Å². The Morgan fingerprint density at radius 1 is 0.255 bits per heavy atom. The first-order chi connectivity index (χ1) is 23.3. The second-order valence-corrected chi connectivity index (χ2v) is 12.8. The van der Waals surface area contributed by atoms with E-state index in [2.05, 4.69) is 158 Å². The van der Waals surface area contributed by atoms with Crippen LogP contribution in [-0.2, 0) is 0 Å². The summed E-state index contributed by atoms with van der Waals surface area (Å²) in [5, 5.41) is 15.1. The summed E-state index contributed by atoms with van der Waals surface area (Å²) >= 11 is 0. The first-order valence-corrected chi connectivity index (χ1v) is 16.3. The molecule has 0 N–H and O–H groups in total. The lowest BCUT2D eigenvalue weighted by atomic mass is 9.85. The van der Waals surface area contributed by atoms with Crippen LogP contribution in [0.4, 0.5) is 0 Å². The Morgan fingerprint density at radius 2 is 0.745 bits per heavy atom. The van der Waals surface area contributed by atoms with Crippen LogP contribution in [0.2, 0.25) is 0 Å². The zero-order valence-corrected chi connectivity index (χ0v) is 25.4. The Bertz CT molecular complexity index is 2910. The fourth-order valence-corrected chi connectivity index (χ4v) is 8.35. The van der Waals surface area contributed by atoms with Gasteiger partial charge >= 0.3 is 0 Å². The van der Waals surface area contributed by atoms with Gasteiger partial charge < -0.3 is 4.74 Å². The van der Waals surface area contributed by atoms with Crippen LogP contribution in [0.5, 0.6) is 11.5 Å². The largest absolute Gasteiger partial charge is 0.455 e. The maximum atomic E-state index is 6.74. The molecule has 10 aromatic rings. The van der Waals surface area contributed by atoms with Gasteiger partial charge in [0.15, 0.2) is 0 Å². The molecule has 1 nitrogen and oxygen atoms in total. The third-order valence-electron chi connectivity index (χ3n) is 10.4. The van der Waals surface area contributed by atoms with E-state index in [-0.39, 0.29) is 0 Å². The first-order valence-electron chi connectivity index (χ1n) is 16.3. The van der Waals surface area contributed by atoms with Gasteiger partial charge in [-0.05, 0) is 93.8 Å². The molecule has 10 aromatic carbocycles. The molecule has 0 unspecified atom stereocenters. The van der Waals surface area contributed by atoms with Crippen LogP contribution < -0.4 is 4.74 Å². The maximum Gasteiger partial charge on any atom is 0.143 e. The monoisotopic (exact) mass is 594 g/mol. The molecular formula is C46H26O. The number of hydrogen-bond donors (Lipinski definition) is 0. The molecule has 0 spiro atoms. The average molecular weight is 595 g/mol. The van der Waals surface area contributed by atoms with Gasteiger partial charge in [0, 0.05) is 16.3 Å². The lowest BCUT2D eigenvalue weighted by Crippen LogP contribution is -1.99. The minimum absolute atomic E-state index is 0.912. The standard InChI is InChI=1S/C46H26O/c1-2-12-32-27(7-1)19-24-40-38-16-6-15-37-34(25-26-41(45(37)38)47-46(32)40)36-14-5-11-28-10-4-13-35(43(28)36)33-22-20-31-18-17-29-8-3-9-30-21-23-39(33)44(31)42(29)30/h1-26H. The predicted octanol–water partition coefficient (Wildman–Crippen LogP) is 13.2. The minimum atomic E-state index is 0.912. The van der Waals surface area contributed by atoms with Gasteiger partial charge in [-0.1, -0.05) is 146 Å². The molecule has 0 aliphatic carbocycles. The van der Waals surface area contributed by atoms with Gasteiger partial charge in [-0.25, -0.2) is 0 Å². The van der Waals surface area contributed by atoms with E-state index in [9.17, 15) is 0 Å². The van der Waals surface area contributed by atoms with Crippen molar-refractivity contribution in [2.75, 3.05) is 0 Å². The number of rotatable bonds is 2. The minimum Gasteiger partial charge on any atom is -0.455 e. The number of hydrogen-bond acceptors (Lipinski definition) is 1. The van der Waals surface area contributed by atoms with Crippen molar-refractivity contribution in [1.29, 1.82) is 0 Å². The number of ether oxygens (including phenoxy) is 1. The Morgan fingerprint density at radius 3 is 1.53 bits per heavy atom. The molecule has 1 heteroatoms. The maximum absolute atomic E-state index is 6.74. The van der Waals surface area contributed by atoms with Crippen molar-refractivity contribution in [3.8, 4) is 44.9 Å². The van der Waals surface area contributed by atoms with Crippen LogP contribution >= 0.6 is 0 Å². The summed E-state index contributed by atoms with van der Waals surface area (Å²) in [4.78, 5) is 0. The molecule has 47 heavy (non-hydrogen) atoms. The molecule has 216 valence electrons. The van der Waals surface area contributed by atoms with Crippen LogP contribution in [0.15, 0.2) is 158 Å². The van der Waals surface area contributed by atoms with Crippen molar-refractivity contribution >= 4 is 64.6 Å². The highest BCUT2D eigenvalue weighted by atomic mass is 16.5. The van der Waals surface area contributed by atoms with E-state index in [1.807, 2.05) is 0 Å². The smallest absolute Gasteiger partial charge is 0.143 e. The highest BCUT2D eigenvalue weighted by Gasteiger charge is 2.24. The van der Waals surface area contributed by atoms with Gasteiger partial charge in [0.25, 0.3) is 0 Å². The van der Waals surface area contributed by atoms with E-state index in [1.165, 1.54) is 87.1 Å². The third-order valence-corrected chi connectivity index (χ3v) is 10.4. The van der Waals surface area contributed by atoms with Crippen LogP contribution in [0.25, 0.3) is 98.0 Å². The zero-order chi connectivity index (χ0) is 30.6. The van der Waals surface area contributed by atoms with Crippen LogP contribution in [0.1, 0.15) is 0 Å². The second kappa shape index (κ2) is 9.19. The van der Waals surface area contributed by atoms with Gasteiger partial charge in [0.1, 0.15) is 11.5 Å². The molecule has 0 atom stereocenters. The lowest BCUT2D eigenvalue weighted by molar-refractivity contribution is 0.493. The first kappa shape index (κ1) is 25.1. The summed E-state index contributed by atoms with van der Waals surface area (Å²) in [6.45, 7) is 0. The van der Waals surface area contributed by atoms with Gasteiger partial charge in [0.2, 0.25) is 0 Å². The summed E-state index contributed by atoms with van der Waals surface area (Å²) < 4.78 is 6.74. The predicted molar refractivity (Wildman–Crippen MR) is 199 cm³/mol. The van der Waals surface area contributed by atoms with E-state index >= 15 is 0 Å². The summed E-state index contributed by atoms with van der Waals surface area (Å²) in [7, 11) is 0. The molecule has 0 fully saturated rings. The average Bonchev–Trinajstić information content (AvgIpc) is 3.13. The molecule has 0 saturated heterocycles. The molecule has 0 bridgehead atoms. The van der Waals surface area contributed by atoms with E-state index in [0.29, 0.717) is 0 Å². The van der Waals surface area contributed by atoms with E-state index in [4.69, 9.17) is 4.74 Å². The van der Waals surface area contributed by atoms with E-state index < -0.39 is 0 Å². The van der Waals surface area contributed by atoms with Gasteiger partial charge in [-0.2, -0.15) is 0 Å². The van der Waals surface area contributed by atoms with Crippen LogP contribution in [0, 0.1) is 0 Å². The van der Waals surface area contributed by atoms with Crippen LogP contribution in [-0.4, -0.2) is 0 Å². The van der Waals surface area contributed by atoms with Crippen LogP contribution in [0.3, 0.4) is 0 Å². The molecule has 0 aromatic heterocycles. The molecule has 1 heterocycles. The summed E-state index contributed by atoms with van der Waals surface area (Å²) in [5.41, 5.74) is 7.33. The Balaban J connectivity index is 1.19. The zero-order valence-electron chi connectivity index (χ0n) is 25.4. The van der Waals surface area contributed by atoms with Gasteiger partial charge in [0.05, 0.1) is 0 Å². The van der Waals surface area contributed by atoms with Crippen molar-refractivity contribution < 1.29 is 4.74 Å². The molecule has 1 aliphatic heterocycles. The third kappa shape index (κ3) is 3.38. The van der Waals surface area contributed by atoms with Crippen molar-refractivity contribution in [2.45, 2.75) is 0 Å². The highest BCUT2D eigenvalue weighted by molar-refractivity contribution is 6.27. The summed E-state index contributed by atoms with van der Waals surface area (Å²) in [6.07, 6.45) is 0. The molecule has 1 aliphatic rings. The highest BCUT2D eigenvalue weighted by Crippen LogP contribution is 2.52. The van der Waals surface area contributed by atoms with E-state index in [0.717, 1.165) is 22.4 Å². The molecular weight excluding hydrogens is 569 g/mol. The topological polar surface area (TPSA) is 9.23 Å². The van der Waals surface area contributed by atoms with E-state index in [1.54, 1.807) is 0 Å². The lowest BCUT2D eigenvalue weighted by Gasteiger charge is -2.24. The molecule has 0 radical (unpaired) electrons. The number of fused-ring (bicyclic) bond motifs is 5. The number of benzene rings is 10. The molecule has 11 rings (SSSR count). The fourth-order valence-electron chi connectivity index (χ4n) is 8.35. The SMILES string of the molecule is c1ccc2c3c(ccc2c1)-c1cccc2c(-c4cccc5cccc(-c6ccc7ccc8cccc9ccc6c7c89)c45)ccc(c12)O3. The fraction of sp³-hybridized carbons (Fsp3) is 0. The summed E-state index contributed by atoms with van der Waals surface area (Å²) in [5.74, 6) is 1.85. The Kier molecular flexibility index (Phi) is 4.90. The van der Waals surface area contributed by atoms with Gasteiger partial charge in [-0.15, -0.1) is 0 Å². The van der Waals surface area contributed by atoms with Crippen molar-refractivity contribution in [3.05, 3.63) is 158 Å². The van der Waals surface area contributed by atoms with Gasteiger partial charge in [-0.3, -0.25) is 0 Å². The van der Waals surface area contributed by atoms with Crippen molar-refractivity contribution in [1.82, 2.24) is 0 Å². The summed E-state index contributed by atoms with van der Waals surface area (Å²) in [6, 6.07) is 57.8. The Hall–Kier alpha value is -6.18. The second-order valence-electron chi connectivity index (χ2n) is 12.8. The molecule has 0 saturated carbocycles. The quantitative estimate of drug-likeness (QED) is 0.181. The van der Waals surface area contributed by atoms with Crippen molar-refractivity contribution in [2.24, 2.45) is 0 Å². The van der Waals surface area contributed by atoms with Crippen molar-refractivity contribution in [3.63, 3.8) is 0 Å². The normalized spacial score (nSPS) is 12.4. The molecule has 0 amide bonds.